The average Bonchev–Trinajstić information content (AvgIpc) is 3.09. The number of nitrogens with one attached hydrogen (secondary N) is 3. The summed E-state index contributed by atoms with van der Waals surface area (Å²) in [6.07, 6.45) is -0.434. The number of sulfonamides is 1. The summed E-state index contributed by atoms with van der Waals surface area (Å²) in [5, 5.41) is 9.17. The minimum absolute atomic E-state index is 0.00853. The van der Waals surface area contributed by atoms with Gasteiger partial charge in [0.1, 0.15) is 17.2 Å². The van der Waals surface area contributed by atoms with Crippen LogP contribution in [-0.2, 0) is 22.7 Å². The van der Waals surface area contributed by atoms with Gasteiger partial charge in [0.25, 0.3) is 0 Å². The third-order valence-electron chi connectivity index (χ3n) is 6.78. The number of hydrogen-bond donors (Lipinski definition) is 3. The van der Waals surface area contributed by atoms with Gasteiger partial charge < -0.3 is 16.0 Å². The summed E-state index contributed by atoms with van der Waals surface area (Å²) in [6, 6.07) is 9.12. The zero-order chi connectivity index (χ0) is 26.4. The molecule has 2 unspecified atom stereocenters. The summed E-state index contributed by atoms with van der Waals surface area (Å²) in [7, 11) is -2.29. The number of alkyl halides is 3. The molecule has 13 heteroatoms. The summed E-state index contributed by atoms with van der Waals surface area (Å²) in [5.41, 5.74) is 2.59. The predicted molar refractivity (Wildman–Crippen MR) is 135 cm³/mol. The maximum absolute atomic E-state index is 13.7. The SMILES string of the molecule is CN(c1ncccc1CNc1nc(Nc2ccc3c(c2)C2CNCC3C2)ncc1C(F)(F)F)S(C)(=O)=O. The van der Waals surface area contributed by atoms with E-state index < -0.39 is 27.6 Å². The topological polar surface area (TPSA) is 112 Å². The fourth-order valence-corrected chi connectivity index (χ4v) is 5.37. The maximum Gasteiger partial charge on any atom is 0.421 e. The molecule has 1 saturated heterocycles. The second-order valence-electron chi connectivity index (χ2n) is 9.28. The van der Waals surface area contributed by atoms with E-state index in [4.69, 9.17) is 0 Å². The van der Waals surface area contributed by atoms with Gasteiger partial charge in [-0.05, 0) is 47.6 Å². The second kappa shape index (κ2) is 9.45. The molecule has 5 rings (SSSR count). The van der Waals surface area contributed by atoms with E-state index in [9.17, 15) is 21.6 Å². The summed E-state index contributed by atoms with van der Waals surface area (Å²) in [6.45, 7) is 1.71. The van der Waals surface area contributed by atoms with Crippen LogP contribution in [-0.4, -0.2) is 49.8 Å². The van der Waals surface area contributed by atoms with Crippen LogP contribution in [0.2, 0.25) is 0 Å². The van der Waals surface area contributed by atoms with Crippen LogP contribution >= 0.6 is 0 Å². The van der Waals surface area contributed by atoms with Crippen molar-refractivity contribution in [2.75, 3.05) is 41.3 Å². The zero-order valence-corrected chi connectivity index (χ0v) is 21.0. The lowest BCUT2D eigenvalue weighted by Gasteiger charge is -2.20. The van der Waals surface area contributed by atoms with Gasteiger partial charge in [-0.25, -0.2) is 18.4 Å². The maximum atomic E-state index is 13.7. The van der Waals surface area contributed by atoms with Gasteiger partial charge in [-0.2, -0.15) is 18.2 Å². The van der Waals surface area contributed by atoms with Gasteiger partial charge >= 0.3 is 6.18 Å². The third kappa shape index (κ3) is 5.18. The molecule has 2 aromatic heterocycles. The Balaban J connectivity index is 1.41. The van der Waals surface area contributed by atoms with E-state index in [-0.39, 0.29) is 18.3 Å². The van der Waals surface area contributed by atoms with Crippen molar-refractivity contribution in [1.29, 1.82) is 0 Å². The quantitative estimate of drug-likeness (QED) is 0.420. The zero-order valence-electron chi connectivity index (χ0n) is 20.2. The smallest absolute Gasteiger partial charge is 0.365 e. The highest BCUT2D eigenvalue weighted by Gasteiger charge is 2.36. The van der Waals surface area contributed by atoms with Crippen LogP contribution in [0.15, 0.2) is 42.7 Å². The molecule has 0 radical (unpaired) electrons. The van der Waals surface area contributed by atoms with E-state index in [0.717, 1.165) is 36.3 Å². The first-order valence-corrected chi connectivity index (χ1v) is 13.5. The van der Waals surface area contributed by atoms with Crippen molar-refractivity contribution in [1.82, 2.24) is 20.3 Å². The van der Waals surface area contributed by atoms with Crippen molar-refractivity contribution in [2.45, 2.75) is 31.0 Å². The fourth-order valence-electron chi connectivity index (χ4n) is 4.89. The summed E-state index contributed by atoms with van der Waals surface area (Å²) in [4.78, 5) is 12.1. The first-order chi connectivity index (χ1) is 17.5. The monoisotopic (exact) mass is 533 g/mol. The van der Waals surface area contributed by atoms with Gasteiger partial charge in [0, 0.05) is 50.3 Å². The molecule has 3 aromatic rings. The van der Waals surface area contributed by atoms with Crippen LogP contribution in [0.3, 0.4) is 0 Å². The molecule has 1 fully saturated rings. The summed E-state index contributed by atoms with van der Waals surface area (Å²) < 4.78 is 66.1. The van der Waals surface area contributed by atoms with Crippen molar-refractivity contribution >= 4 is 33.3 Å². The number of pyridine rings is 1. The standard InChI is InChI=1S/C24H26F3N7O2S/c1-34(37(2,35)36)22-14(4-3-7-29-22)12-30-21-20(24(25,26)27)13-31-23(33-21)32-17-5-6-18-15-8-16(11-28-10-15)19(18)9-17/h3-7,9,13,15-16,28H,8,10-12H2,1-2H3,(H2,30,31,32,33). The van der Waals surface area contributed by atoms with Crippen LogP contribution in [0, 0.1) is 0 Å². The Morgan fingerprint density at radius 3 is 2.62 bits per heavy atom. The predicted octanol–water partition coefficient (Wildman–Crippen LogP) is 3.82. The summed E-state index contributed by atoms with van der Waals surface area (Å²) >= 11 is 0. The van der Waals surface area contributed by atoms with Crippen molar-refractivity contribution in [3.63, 3.8) is 0 Å². The molecule has 0 amide bonds. The molecule has 3 N–H and O–H groups in total. The fraction of sp³-hybridized carbons (Fsp3) is 0.375. The van der Waals surface area contributed by atoms with Crippen LogP contribution in [0.25, 0.3) is 0 Å². The number of piperidine rings is 1. The molecule has 9 nitrogen and oxygen atoms in total. The van der Waals surface area contributed by atoms with Crippen LogP contribution in [0.1, 0.15) is 40.5 Å². The number of fused-ring (bicyclic) bond motifs is 5. The van der Waals surface area contributed by atoms with E-state index in [1.54, 1.807) is 12.1 Å². The molecule has 1 aliphatic heterocycles. The number of benzene rings is 1. The van der Waals surface area contributed by atoms with E-state index in [0.29, 0.717) is 23.1 Å². The van der Waals surface area contributed by atoms with Gasteiger partial charge in [0.15, 0.2) is 0 Å². The van der Waals surface area contributed by atoms with Gasteiger partial charge in [0.05, 0.1) is 6.26 Å². The number of halogens is 3. The highest BCUT2D eigenvalue weighted by Crippen LogP contribution is 2.44. The van der Waals surface area contributed by atoms with Crippen LogP contribution < -0.4 is 20.3 Å². The molecule has 196 valence electrons. The molecule has 3 heterocycles. The van der Waals surface area contributed by atoms with E-state index in [2.05, 4.69) is 37.0 Å². The lowest BCUT2D eigenvalue weighted by molar-refractivity contribution is -0.137. The molecular weight excluding hydrogens is 507 g/mol. The van der Waals surface area contributed by atoms with E-state index in [1.165, 1.54) is 24.4 Å². The second-order valence-corrected chi connectivity index (χ2v) is 11.3. The Labute approximate surface area is 212 Å². The Morgan fingerprint density at radius 2 is 1.89 bits per heavy atom. The molecular formula is C24H26F3N7O2S. The lowest BCUT2D eigenvalue weighted by atomic mass is 9.98. The molecule has 2 atom stereocenters. The largest absolute Gasteiger partial charge is 0.421 e. The lowest BCUT2D eigenvalue weighted by Crippen LogP contribution is -2.28. The summed E-state index contributed by atoms with van der Waals surface area (Å²) in [5.74, 6) is 0.591. The van der Waals surface area contributed by atoms with Crippen molar-refractivity contribution in [3.05, 3.63) is 65.0 Å². The van der Waals surface area contributed by atoms with E-state index in [1.807, 2.05) is 12.1 Å². The first-order valence-electron chi connectivity index (χ1n) is 11.7. The number of rotatable bonds is 7. The minimum atomic E-state index is -4.69. The molecule has 0 saturated carbocycles. The molecule has 2 bridgehead atoms. The molecule has 2 aliphatic rings. The first kappa shape index (κ1) is 25.2. The Bertz CT molecular complexity index is 1430. The molecule has 0 spiro atoms. The number of nitrogens with zero attached hydrogens (tertiary/aromatic N) is 4. The highest BCUT2D eigenvalue weighted by atomic mass is 32.2. The third-order valence-corrected chi connectivity index (χ3v) is 7.94. The molecule has 37 heavy (non-hydrogen) atoms. The van der Waals surface area contributed by atoms with Crippen molar-refractivity contribution < 1.29 is 21.6 Å². The number of anilines is 4. The van der Waals surface area contributed by atoms with Crippen molar-refractivity contribution in [2.24, 2.45) is 0 Å². The number of aromatic nitrogens is 3. The molecule has 1 aliphatic carbocycles. The average molecular weight is 534 g/mol. The van der Waals surface area contributed by atoms with Gasteiger partial charge in [-0.15, -0.1) is 0 Å². The van der Waals surface area contributed by atoms with Crippen LogP contribution in [0.5, 0.6) is 0 Å². The Kier molecular flexibility index (Phi) is 6.44. The minimum Gasteiger partial charge on any atom is -0.365 e. The Hall–Kier alpha value is -3.45. The normalized spacial score (nSPS) is 18.8. The molecule has 1 aromatic carbocycles. The van der Waals surface area contributed by atoms with Crippen molar-refractivity contribution in [3.8, 4) is 0 Å². The van der Waals surface area contributed by atoms with Crippen LogP contribution in [0.4, 0.5) is 36.4 Å². The highest BCUT2D eigenvalue weighted by molar-refractivity contribution is 7.92. The van der Waals surface area contributed by atoms with Gasteiger partial charge in [-0.1, -0.05) is 12.1 Å². The van der Waals surface area contributed by atoms with Gasteiger partial charge in [0.2, 0.25) is 16.0 Å². The number of hydrogen-bond acceptors (Lipinski definition) is 8. The Morgan fingerprint density at radius 1 is 1.14 bits per heavy atom. The van der Waals surface area contributed by atoms with E-state index >= 15 is 0 Å². The van der Waals surface area contributed by atoms with Gasteiger partial charge in [-0.3, -0.25) is 4.31 Å².